The Balaban J connectivity index is 0. The minimum absolute atomic E-state index is 0.344. The first-order chi connectivity index (χ1) is 16.9. The van der Waals surface area contributed by atoms with E-state index in [1.54, 1.807) is 0 Å². The minimum atomic E-state index is -0.654. The molecule has 0 heterocycles. The van der Waals surface area contributed by atoms with Gasteiger partial charge in [-0.3, -0.25) is 4.79 Å². The van der Waals surface area contributed by atoms with Crippen LogP contribution >= 0.6 is 0 Å². The lowest BCUT2D eigenvalue weighted by atomic mass is 10.0. The van der Waals surface area contributed by atoms with Crippen LogP contribution in [-0.2, 0) is 4.79 Å². The van der Waals surface area contributed by atoms with Gasteiger partial charge < -0.3 is 10.0 Å². The number of nitrogens with zero attached hydrogens (tertiary/aromatic N) is 1. The van der Waals surface area contributed by atoms with E-state index in [0.29, 0.717) is 6.42 Å². The third kappa shape index (κ3) is 40.9. The Morgan fingerprint density at radius 1 is 0.571 bits per heavy atom. The van der Waals surface area contributed by atoms with Crippen LogP contribution in [0, 0.1) is 5.92 Å². The molecule has 35 heavy (non-hydrogen) atoms. The molecule has 0 aromatic rings. The number of hydrogen-bond donors (Lipinski definition) is 1. The summed E-state index contributed by atoms with van der Waals surface area (Å²) in [5, 5.41) is 8.52. The zero-order valence-electron chi connectivity index (χ0n) is 25.1. The van der Waals surface area contributed by atoms with Gasteiger partial charge in [0.2, 0.25) is 0 Å². The molecule has 0 radical (unpaired) electrons. The van der Waals surface area contributed by atoms with Gasteiger partial charge in [0.1, 0.15) is 0 Å². The lowest BCUT2D eigenvalue weighted by Crippen LogP contribution is -2.12. The predicted molar refractivity (Wildman–Crippen MR) is 158 cm³/mol. The second kappa shape index (κ2) is 31.5. The van der Waals surface area contributed by atoms with Crippen LogP contribution in [0.25, 0.3) is 0 Å². The van der Waals surface area contributed by atoms with Crippen molar-refractivity contribution in [1.29, 1.82) is 0 Å². The van der Waals surface area contributed by atoms with Crippen molar-refractivity contribution in [1.82, 2.24) is 4.90 Å². The molecule has 0 saturated heterocycles. The molecule has 0 amide bonds. The highest BCUT2D eigenvalue weighted by molar-refractivity contribution is 5.66. The molecular formula is C32H67NO2. The summed E-state index contributed by atoms with van der Waals surface area (Å²) in [4.78, 5) is 12.6. The van der Waals surface area contributed by atoms with E-state index in [0.717, 1.165) is 18.8 Å². The molecule has 3 heteroatoms. The van der Waals surface area contributed by atoms with Gasteiger partial charge in [-0.1, -0.05) is 156 Å². The maximum atomic E-state index is 10.3. The van der Waals surface area contributed by atoms with Crippen molar-refractivity contribution in [3.05, 3.63) is 0 Å². The fraction of sp³-hybridized carbons (Fsp3) is 0.969. The van der Waals surface area contributed by atoms with Crippen LogP contribution in [0.5, 0.6) is 0 Å². The van der Waals surface area contributed by atoms with Gasteiger partial charge in [-0.15, -0.1) is 0 Å². The number of carboxylic acid groups (broad SMARTS) is 1. The molecule has 1 N–H and O–H groups in total. The van der Waals surface area contributed by atoms with Crippen molar-refractivity contribution >= 4 is 5.97 Å². The Morgan fingerprint density at radius 2 is 0.914 bits per heavy atom. The van der Waals surface area contributed by atoms with Crippen molar-refractivity contribution in [2.45, 2.75) is 175 Å². The summed E-state index contributed by atoms with van der Waals surface area (Å²) in [6.07, 6.45) is 31.7. The zero-order valence-corrected chi connectivity index (χ0v) is 25.1. The molecule has 0 unspecified atom stereocenters. The molecule has 0 aromatic heterocycles. The van der Waals surface area contributed by atoms with Crippen LogP contribution in [-0.4, -0.2) is 36.6 Å². The normalized spacial score (nSPS) is 11.2. The molecule has 0 rings (SSSR count). The lowest BCUT2D eigenvalue weighted by Gasteiger charge is -2.08. The fourth-order valence-electron chi connectivity index (χ4n) is 4.51. The summed E-state index contributed by atoms with van der Waals surface area (Å²) in [7, 11) is 4.32. The van der Waals surface area contributed by atoms with Crippen LogP contribution in [0.1, 0.15) is 175 Å². The molecule has 3 nitrogen and oxygen atoms in total. The van der Waals surface area contributed by atoms with Gasteiger partial charge in [0.05, 0.1) is 0 Å². The Labute approximate surface area is 222 Å². The number of carbonyl (C=O) groups is 1. The van der Waals surface area contributed by atoms with Crippen LogP contribution in [0.4, 0.5) is 0 Å². The minimum Gasteiger partial charge on any atom is -0.481 e. The number of rotatable bonds is 26. The second-order valence-corrected chi connectivity index (χ2v) is 11.6. The first-order valence-electron chi connectivity index (χ1n) is 15.8. The van der Waals surface area contributed by atoms with Crippen molar-refractivity contribution in [2.24, 2.45) is 5.92 Å². The van der Waals surface area contributed by atoms with Crippen LogP contribution in [0.3, 0.4) is 0 Å². The number of carboxylic acids is 1. The fourth-order valence-corrected chi connectivity index (χ4v) is 4.51. The lowest BCUT2D eigenvalue weighted by molar-refractivity contribution is -0.137. The molecule has 0 aliphatic rings. The Morgan fingerprint density at radius 3 is 1.26 bits per heavy atom. The molecule has 0 spiro atoms. The number of hydrogen-bond acceptors (Lipinski definition) is 2. The molecule has 212 valence electrons. The van der Waals surface area contributed by atoms with E-state index in [2.05, 4.69) is 39.8 Å². The van der Waals surface area contributed by atoms with Gasteiger partial charge in [-0.2, -0.15) is 0 Å². The summed E-state index contributed by atoms with van der Waals surface area (Å²) in [6, 6.07) is 0. The van der Waals surface area contributed by atoms with E-state index < -0.39 is 5.97 Å². The molecular weight excluding hydrogens is 430 g/mol. The average Bonchev–Trinajstić information content (AvgIpc) is 2.80. The van der Waals surface area contributed by atoms with Gasteiger partial charge >= 0.3 is 5.97 Å². The highest BCUT2D eigenvalue weighted by Gasteiger charge is 1.98. The SMILES string of the molecule is CC(C)CCCCCCCCCCCCCCC(=O)O.CCCCCCCCCCCCN(C)C. The summed E-state index contributed by atoms with van der Waals surface area (Å²) in [5.74, 6) is 0.212. The quantitative estimate of drug-likeness (QED) is 0.121. The van der Waals surface area contributed by atoms with E-state index in [-0.39, 0.29) is 0 Å². The van der Waals surface area contributed by atoms with Gasteiger partial charge in [0.25, 0.3) is 0 Å². The van der Waals surface area contributed by atoms with E-state index in [4.69, 9.17) is 5.11 Å². The third-order valence-corrected chi connectivity index (χ3v) is 6.88. The van der Waals surface area contributed by atoms with Crippen molar-refractivity contribution in [3.63, 3.8) is 0 Å². The Bertz CT molecular complexity index is 395. The topological polar surface area (TPSA) is 40.5 Å². The van der Waals surface area contributed by atoms with Crippen LogP contribution in [0.15, 0.2) is 0 Å². The number of aliphatic carboxylic acids is 1. The zero-order chi connectivity index (χ0) is 26.4. The standard InChI is InChI=1S/C18H36O2.C14H31N/c1-17(2)15-13-11-9-7-5-3-4-6-8-10-12-14-16-18(19)20;1-4-5-6-7-8-9-10-11-12-13-14-15(2)3/h17H,3-16H2,1-2H3,(H,19,20);4-14H2,1-3H3. The average molecular weight is 498 g/mol. The molecule has 0 bridgehead atoms. The molecule has 0 atom stereocenters. The monoisotopic (exact) mass is 498 g/mol. The van der Waals surface area contributed by atoms with Gasteiger partial charge in [0.15, 0.2) is 0 Å². The van der Waals surface area contributed by atoms with Gasteiger partial charge in [-0.25, -0.2) is 0 Å². The maximum Gasteiger partial charge on any atom is 0.303 e. The summed E-state index contributed by atoms with van der Waals surface area (Å²) in [6.45, 7) is 8.16. The van der Waals surface area contributed by atoms with Crippen molar-refractivity contribution in [3.8, 4) is 0 Å². The van der Waals surface area contributed by atoms with E-state index >= 15 is 0 Å². The molecule has 0 aromatic carbocycles. The van der Waals surface area contributed by atoms with Crippen molar-refractivity contribution in [2.75, 3.05) is 20.6 Å². The third-order valence-electron chi connectivity index (χ3n) is 6.88. The Kier molecular flexibility index (Phi) is 32.9. The molecule has 0 aliphatic heterocycles. The van der Waals surface area contributed by atoms with Gasteiger partial charge in [0, 0.05) is 6.42 Å². The Hall–Kier alpha value is -0.570. The van der Waals surface area contributed by atoms with E-state index in [9.17, 15) is 4.79 Å². The first kappa shape index (κ1) is 36.6. The molecule has 0 saturated carbocycles. The molecule has 0 aliphatic carbocycles. The van der Waals surface area contributed by atoms with Crippen molar-refractivity contribution < 1.29 is 9.90 Å². The smallest absolute Gasteiger partial charge is 0.303 e. The summed E-state index contributed by atoms with van der Waals surface area (Å²) < 4.78 is 0. The number of unbranched alkanes of at least 4 members (excludes halogenated alkanes) is 20. The van der Waals surface area contributed by atoms with Crippen LogP contribution < -0.4 is 0 Å². The first-order valence-corrected chi connectivity index (χ1v) is 15.8. The highest BCUT2D eigenvalue weighted by atomic mass is 16.4. The summed E-state index contributed by atoms with van der Waals surface area (Å²) in [5.41, 5.74) is 0. The predicted octanol–water partition coefficient (Wildman–Crippen LogP) is 10.7. The largest absolute Gasteiger partial charge is 0.481 e. The van der Waals surface area contributed by atoms with Crippen LogP contribution in [0.2, 0.25) is 0 Å². The van der Waals surface area contributed by atoms with E-state index in [1.165, 1.54) is 141 Å². The van der Waals surface area contributed by atoms with E-state index in [1.807, 2.05) is 0 Å². The second-order valence-electron chi connectivity index (χ2n) is 11.6. The summed E-state index contributed by atoms with van der Waals surface area (Å²) >= 11 is 0. The van der Waals surface area contributed by atoms with Gasteiger partial charge in [-0.05, 0) is 39.4 Å². The highest BCUT2D eigenvalue weighted by Crippen LogP contribution is 2.14. The maximum absolute atomic E-state index is 10.3. The molecule has 0 fully saturated rings.